The third-order valence-electron chi connectivity index (χ3n) is 2.90. The topological polar surface area (TPSA) is 26.5 Å². The van der Waals surface area contributed by atoms with Crippen molar-refractivity contribution >= 4 is 40.4 Å². The summed E-state index contributed by atoms with van der Waals surface area (Å²) in [5.41, 5.74) is 4.14. The molecule has 5 heteroatoms. The molecule has 0 saturated heterocycles. The Hall–Kier alpha value is -1.16. The molecule has 0 bridgehead atoms. The van der Waals surface area contributed by atoms with E-state index in [4.69, 9.17) is 0 Å². The Morgan fingerprint density at radius 2 is 1.55 bits per heavy atom. The average molecular weight is 464 g/mol. The van der Waals surface area contributed by atoms with Crippen molar-refractivity contribution < 1.29 is 10.9 Å². The predicted octanol–water partition coefficient (Wildman–Crippen LogP) is 5.75. The van der Waals surface area contributed by atoms with Gasteiger partial charge in [-0.2, -0.15) is 6.20 Å². The van der Waals surface area contributed by atoms with Gasteiger partial charge in [0.05, 0.1) is 5.69 Å². The number of aliphatic imine (C=N–C) groups is 1. The minimum atomic E-state index is 0.878. The predicted molar refractivity (Wildman–Crippen MR) is 96.7 cm³/mol. The van der Waals surface area contributed by atoms with Crippen molar-refractivity contribution in [3.8, 4) is 11.1 Å². The average Bonchev–Trinajstić information content (AvgIpc) is 3.08. The molecule has 0 atom stereocenters. The summed E-state index contributed by atoms with van der Waals surface area (Å²) >= 11 is 6.00. The van der Waals surface area contributed by atoms with E-state index in [-0.39, 0.29) is 0 Å². The first kappa shape index (κ1) is 17.2. The molecule has 0 spiro atoms. The molecule has 0 aliphatic carbocycles. The molecule has 3 aromatic rings. The van der Waals surface area contributed by atoms with E-state index in [1.165, 1.54) is 16.5 Å². The van der Waals surface area contributed by atoms with Crippen molar-refractivity contribution in [3.05, 3.63) is 78.6 Å². The first-order chi connectivity index (χ1) is 10.8. The van der Waals surface area contributed by atoms with Gasteiger partial charge in [0.15, 0.2) is 0 Å². The van der Waals surface area contributed by atoms with Crippen molar-refractivity contribution in [1.82, 2.24) is 4.98 Å². The summed E-state index contributed by atoms with van der Waals surface area (Å²) in [6, 6.07) is 22.2. The molecule has 0 unspecified atom stereocenters. The molecule has 0 amide bonds. The number of aromatic nitrogens is 1. The van der Waals surface area contributed by atoms with Crippen LogP contribution in [0.15, 0.2) is 77.9 Å². The van der Waals surface area contributed by atoms with Crippen molar-refractivity contribution in [2.75, 3.05) is 0 Å². The third kappa shape index (κ3) is 5.24. The zero-order valence-electron chi connectivity index (χ0n) is 11.5. The quantitative estimate of drug-likeness (QED) is 0.359. The Bertz CT molecular complexity index is 698. The molecule has 115 valence electrons. The summed E-state index contributed by atoms with van der Waals surface area (Å²) in [5, 5.41) is 0. The Kier molecular flexibility index (Phi) is 7.65. The van der Waals surface area contributed by atoms with Crippen LogP contribution in [0, 0.1) is 0 Å². The van der Waals surface area contributed by atoms with E-state index in [9.17, 15) is 0 Å². The molecule has 0 aliphatic heterocycles. The summed E-state index contributed by atoms with van der Waals surface area (Å²) in [4.78, 5) is 8.72. The van der Waals surface area contributed by atoms with E-state index in [2.05, 4.69) is 56.6 Å². The fourth-order valence-electron chi connectivity index (χ4n) is 1.97. The molecule has 2 aromatic carbocycles. The standard InChI is InChI=1S/C17H13N2.2BrH.Ni/c1-2-7-14(8-3-1)16-10-4-5-11-17(16)19-13-15-9-6-12-18-15;;;/h1-13H;2*1H;/q-1;;;+3/p-2. The van der Waals surface area contributed by atoms with Gasteiger partial charge in [-0.15, -0.1) is 5.69 Å². The van der Waals surface area contributed by atoms with Crippen molar-refractivity contribution in [1.29, 1.82) is 0 Å². The van der Waals surface area contributed by atoms with Gasteiger partial charge in [0.2, 0.25) is 0 Å². The van der Waals surface area contributed by atoms with Crippen LogP contribution < -0.4 is 4.98 Å². The van der Waals surface area contributed by atoms with E-state index in [1.54, 1.807) is 12.4 Å². The van der Waals surface area contributed by atoms with E-state index in [0.717, 1.165) is 16.9 Å². The maximum absolute atomic E-state index is 4.54. The molecule has 22 heavy (non-hydrogen) atoms. The molecular weight excluding hydrogens is 451 g/mol. The molecule has 0 fully saturated rings. The molecule has 0 aliphatic rings. The molecule has 1 heterocycles. The number of para-hydroxylation sites is 1. The van der Waals surface area contributed by atoms with Crippen LogP contribution in [-0.2, 0) is 10.9 Å². The first-order valence-electron chi connectivity index (χ1n) is 6.43. The third-order valence-corrected chi connectivity index (χ3v) is 2.90. The van der Waals surface area contributed by atoms with Crippen LogP contribution >= 0.6 is 28.5 Å². The van der Waals surface area contributed by atoms with Gasteiger partial charge >= 0.3 is 39.3 Å². The summed E-state index contributed by atoms with van der Waals surface area (Å²) in [6.07, 6.45) is 3.56. The summed E-state index contributed by atoms with van der Waals surface area (Å²) in [7, 11) is 1.25. The van der Waals surface area contributed by atoms with Gasteiger partial charge in [-0.3, -0.25) is 4.99 Å². The van der Waals surface area contributed by atoms with E-state index < -0.39 is 0 Å². The number of hydrogen-bond donors (Lipinski definition) is 0. The Morgan fingerprint density at radius 3 is 2.23 bits per heavy atom. The van der Waals surface area contributed by atoms with Crippen LogP contribution in [0.4, 0.5) is 5.69 Å². The van der Waals surface area contributed by atoms with Gasteiger partial charge in [-0.1, -0.05) is 60.7 Å². The first-order valence-corrected chi connectivity index (χ1v) is 11.3. The van der Waals surface area contributed by atoms with Crippen molar-refractivity contribution in [2.24, 2.45) is 4.99 Å². The summed E-state index contributed by atoms with van der Waals surface area (Å²) in [5.74, 6) is 0. The Balaban J connectivity index is 0.000000545. The minimum absolute atomic E-state index is 0.878. The maximum atomic E-state index is 4.54. The molecule has 0 saturated carbocycles. The van der Waals surface area contributed by atoms with Crippen LogP contribution in [0.5, 0.6) is 0 Å². The van der Waals surface area contributed by atoms with Crippen LogP contribution in [-0.4, -0.2) is 6.21 Å². The number of nitrogens with zero attached hydrogens (tertiary/aromatic N) is 2. The molecular formula is C17H13Br2N2Ni. The van der Waals surface area contributed by atoms with Crippen LogP contribution in [0.3, 0.4) is 0 Å². The van der Waals surface area contributed by atoms with E-state index in [0.29, 0.717) is 0 Å². The fraction of sp³-hybridized carbons (Fsp3) is 0. The normalized spacial score (nSPS) is 10.5. The van der Waals surface area contributed by atoms with Crippen molar-refractivity contribution in [3.63, 3.8) is 0 Å². The number of halogens is 2. The van der Waals surface area contributed by atoms with E-state index >= 15 is 0 Å². The van der Waals surface area contributed by atoms with Crippen LogP contribution in [0.1, 0.15) is 5.69 Å². The second-order valence-electron chi connectivity index (χ2n) is 4.25. The SMILES string of the molecule is C(=Nc1ccccc1-c1ccccc1)c1ccc[n-]1.[Br][Ni+][Br]. The zero-order valence-corrected chi connectivity index (χ0v) is 15.6. The monoisotopic (exact) mass is 461 g/mol. The second-order valence-corrected chi connectivity index (χ2v) is 9.23. The second kappa shape index (κ2) is 9.78. The van der Waals surface area contributed by atoms with Crippen LogP contribution in [0.25, 0.3) is 11.1 Å². The zero-order chi connectivity index (χ0) is 15.6. The van der Waals surface area contributed by atoms with Crippen molar-refractivity contribution in [2.45, 2.75) is 0 Å². The van der Waals surface area contributed by atoms with Gasteiger partial charge < -0.3 is 4.98 Å². The number of benzene rings is 2. The van der Waals surface area contributed by atoms with Gasteiger partial charge in [0.1, 0.15) is 0 Å². The number of rotatable bonds is 3. The molecule has 2 nitrogen and oxygen atoms in total. The molecule has 1 aromatic heterocycles. The van der Waals surface area contributed by atoms with Gasteiger partial charge in [-0.05, 0) is 11.6 Å². The molecule has 3 rings (SSSR count). The Labute approximate surface area is 150 Å². The fourth-order valence-corrected chi connectivity index (χ4v) is 1.97. The van der Waals surface area contributed by atoms with Gasteiger partial charge in [0, 0.05) is 11.8 Å². The molecule has 0 N–H and O–H groups in total. The summed E-state index contributed by atoms with van der Waals surface area (Å²) < 4.78 is 0. The Morgan fingerprint density at radius 1 is 0.864 bits per heavy atom. The number of hydrogen-bond acceptors (Lipinski definition) is 1. The molecule has 0 radical (unpaired) electrons. The van der Waals surface area contributed by atoms with Crippen LogP contribution in [0.2, 0.25) is 0 Å². The summed E-state index contributed by atoms with van der Waals surface area (Å²) in [6.45, 7) is 0. The van der Waals surface area contributed by atoms with Gasteiger partial charge in [0.25, 0.3) is 0 Å². The van der Waals surface area contributed by atoms with E-state index in [1.807, 2.05) is 48.5 Å². The van der Waals surface area contributed by atoms with Gasteiger partial charge in [-0.25, -0.2) is 0 Å².